The average Bonchev–Trinajstić information content (AvgIpc) is 2.03. The van der Waals surface area contributed by atoms with Crippen molar-refractivity contribution in [1.29, 1.82) is 0 Å². The summed E-state index contributed by atoms with van der Waals surface area (Å²) in [6, 6.07) is 0. The van der Waals surface area contributed by atoms with Crippen molar-refractivity contribution < 1.29 is 0 Å². The fourth-order valence-corrected chi connectivity index (χ4v) is 17.8. The van der Waals surface area contributed by atoms with Crippen molar-refractivity contribution in [2.75, 3.05) is 0 Å². The molecular weight excluding hydrogens is 331 g/mol. The van der Waals surface area contributed by atoms with Gasteiger partial charge in [0.25, 0.3) is 0 Å². The van der Waals surface area contributed by atoms with E-state index in [9.17, 15) is 0 Å². The predicted molar refractivity (Wildman–Crippen MR) is 79.4 cm³/mol. The molecule has 1 radical (unpaired) electrons. The summed E-state index contributed by atoms with van der Waals surface area (Å²) in [6.07, 6.45) is 0. The molecule has 0 atom stereocenters. The van der Waals surface area contributed by atoms with E-state index < -0.39 is 0 Å². The van der Waals surface area contributed by atoms with Crippen molar-refractivity contribution in [2.24, 2.45) is 0 Å². The number of hydrogen-bond acceptors (Lipinski definition) is 1. The van der Waals surface area contributed by atoms with Gasteiger partial charge in [-0.1, -0.05) is 0 Å². The second-order valence-corrected chi connectivity index (χ2v) is 15.6. The van der Waals surface area contributed by atoms with E-state index >= 15 is 0 Å². The van der Waals surface area contributed by atoms with Gasteiger partial charge in [-0.05, 0) is 0 Å². The normalized spacial score (nSPS) is 6.82. The summed E-state index contributed by atoms with van der Waals surface area (Å²) in [4.78, 5) is 0. The Hall–Kier alpha value is 2.26. The van der Waals surface area contributed by atoms with E-state index in [1.54, 1.807) is 62.2 Å². The molecule has 0 aromatic heterocycles. The first kappa shape index (κ1) is 13.3. The van der Waals surface area contributed by atoms with Gasteiger partial charge < -0.3 is 0 Å². The Balaban J connectivity index is 5.38. The monoisotopic (exact) mass is 331 g/mol. The van der Waals surface area contributed by atoms with Gasteiger partial charge in [0.1, 0.15) is 0 Å². The molecule has 0 aliphatic heterocycles. The van der Waals surface area contributed by atoms with Crippen LogP contribution in [-0.2, 0) is 92.0 Å². The van der Waals surface area contributed by atoms with Crippen LogP contribution in [0.1, 0.15) is 0 Å². The Morgan fingerprint density at radius 3 is 1.64 bits per heavy atom. The van der Waals surface area contributed by atoms with Gasteiger partial charge >= 0.3 is 98.7 Å². The Kier molecular flexibility index (Phi) is 14.8. The summed E-state index contributed by atoms with van der Waals surface area (Å²) in [5.74, 6) is 0. The molecule has 0 fully saturated rings. The maximum atomic E-state index is 5.19. The minimum atomic E-state index is 1.27. The van der Waals surface area contributed by atoms with E-state index in [4.69, 9.17) is 6.72 Å². The van der Waals surface area contributed by atoms with E-state index in [1.165, 1.54) is 18.6 Å². The first-order valence-corrected chi connectivity index (χ1v) is 14.2. The van der Waals surface area contributed by atoms with Crippen molar-refractivity contribution in [3.05, 3.63) is 0 Å². The van der Waals surface area contributed by atoms with Crippen LogP contribution in [0.3, 0.4) is 0 Å². The van der Waals surface area contributed by atoms with Crippen LogP contribution in [0.15, 0.2) is 0 Å². The third-order valence-corrected chi connectivity index (χ3v) is 16.8. The zero-order valence-corrected chi connectivity index (χ0v) is 12.8. The van der Waals surface area contributed by atoms with Crippen LogP contribution < -0.4 is 0 Å². The van der Waals surface area contributed by atoms with Crippen LogP contribution in [0, 0.1) is 0 Å². The molecule has 0 nitrogen and oxygen atoms in total. The first-order valence-electron chi connectivity index (χ1n) is 1.74. The second-order valence-electron chi connectivity index (χ2n) is 0.641. The van der Waals surface area contributed by atoms with Crippen LogP contribution in [0.5, 0.6) is 0 Å². The quantitative estimate of drug-likeness (QED) is 0.544. The van der Waals surface area contributed by atoms with E-state index in [1.807, 2.05) is 0 Å². The van der Waals surface area contributed by atoms with Crippen molar-refractivity contribution in [1.82, 2.24) is 0 Å². The van der Waals surface area contributed by atoms with E-state index in [0.717, 1.165) is 0 Å². The zero-order valence-electron chi connectivity index (χ0n) is 4.66. The third kappa shape index (κ3) is 12.3. The molecule has 0 rings (SSSR count). The zero-order chi connectivity index (χ0) is 8.36. The van der Waals surface area contributed by atoms with Crippen molar-refractivity contribution in [2.45, 2.75) is 0 Å². The van der Waals surface area contributed by atoms with Gasteiger partial charge in [0, 0.05) is 0 Å². The van der Waals surface area contributed by atoms with Crippen molar-refractivity contribution in [3.63, 3.8) is 0 Å². The molecule has 0 unspecified atom stereocenters. The Morgan fingerprint density at radius 2 is 1.18 bits per heavy atom. The standard InChI is InChI=1S/BS10/c1-3-5-7-9-11-10-8-6-4-2. The van der Waals surface area contributed by atoms with Crippen LogP contribution in [0.4, 0.5) is 0 Å². The van der Waals surface area contributed by atoms with Crippen LogP contribution in [0.25, 0.3) is 0 Å². The Morgan fingerprint density at radius 1 is 0.727 bits per heavy atom. The van der Waals surface area contributed by atoms with Gasteiger partial charge in [0.15, 0.2) is 0 Å². The Labute approximate surface area is 97.0 Å². The first-order chi connectivity index (χ1) is 5.41. The summed E-state index contributed by atoms with van der Waals surface area (Å²) in [5, 5.41) is 0. The molecule has 0 heterocycles. The molecule has 0 aromatic carbocycles. The molecule has 0 spiro atoms. The van der Waals surface area contributed by atoms with Gasteiger partial charge in [-0.15, -0.1) is 0 Å². The molecule has 11 heteroatoms. The summed E-state index contributed by atoms with van der Waals surface area (Å²) >= 11 is 4.67. The number of hydrogen-bond donors (Lipinski definition) is 0. The molecule has 0 N–H and O–H groups in total. The van der Waals surface area contributed by atoms with Gasteiger partial charge in [-0.25, -0.2) is 0 Å². The van der Waals surface area contributed by atoms with Crippen molar-refractivity contribution >= 4 is 98.7 Å². The summed E-state index contributed by atoms with van der Waals surface area (Å²) < 4.78 is 0. The molecule has 0 aromatic rings. The molecule has 0 aliphatic carbocycles. The molecule has 0 aliphatic rings. The molecule has 63 valence electrons. The van der Waals surface area contributed by atoms with Gasteiger partial charge in [-0.3, -0.25) is 0 Å². The molecule has 0 bridgehead atoms. The van der Waals surface area contributed by atoms with Gasteiger partial charge in [0.2, 0.25) is 0 Å². The molecule has 11 heavy (non-hydrogen) atoms. The molecule has 0 amide bonds. The molecule has 0 saturated carbocycles. The second kappa shape index (κ2) is 12.3. The summed E-state index contributed by atoms with van der Waals surface area (Å²) in [5.41, 5.74) is 0. The SMILES string of the molecule is [B]=S=S=S=S=S=S=S=S=S=S. The predicted octanol–water partition coefficient (Wildman–Crippen LogP) is -0.405. The van der Waals surface area contributed by atoms with Crippen LogP contribution in [-0.4, -0.2) is 6.72 Å². The fraction of sp³-hybridized carbons (Fsp3) is 0. The maximum absolute atomic E-state index is 5.19. The van der Waals surface area contributed by atoms with Crippen LogP contribution >= 0.6 is 0 Å². The minimum absolute atomic E-state index is 1.27. The summed E-state index contributed by atoms with van der Waals surface area (Å²) in [6.45, 7) is 5.19. The topological polar surface area (TPSA) is 0 Å². The molecule has 0 saturated heterocycles. The van der Waals surface area contributed by atoms with Gasteiger partial charge in [-0.2, -0.15) is 0 Å². The van der Waals surface area contributed by atoms with E-state index in [-0.39, 0.29) is 0 Å². The Bertz CT molecular complexity index is 399. The number of rotatable bonds is 0. The van der Waals surface area contributed by atoms with Crippen molar-refractivity contribution in [3.8, 4) is 0 Å². The summed E-state index contributed by atoms with van der Waals surface area (Å²) in [7, 11) is 14.3. The third-order valence-electron chi connectivity index (χ3n) is 0.234. The van der Waals surface area contributed by atoms with Crippen LogP contribution in [0.2, 0.25) is 0 Å². The van der Waals surface area contributed by atoms with Gasteiger partial charge in [0.05, 0.1) is 0 Å². The average molecular weight is 331 g/mol. The van der Waals surface area contributed by atoms with E-state index in [2.05, 4.69) is 11.2 Å². The molecular formula is BS10. The van der Waals surface area contributed by atoms with E-state index in [0.29, 0.717) is 0 Å². The fourth-order valence-electron chi connectivity index (χ4n) is 0.0841.